The van der Waals surface area contributed by atoms with Gasteiger partial charge in [0.2, 0.25) is 0 Å². The Morgan fingerprint density at radius 1 is 0.889 bits per heavy atom. The van der Waals surface area contributed by atoms with Gasteiger partial charge in [-0.05, 0) is 30.2 Å². The number of carbonyl (C=O) groups is 1. The number of hydrogen-bond donors (Lipinski definition) is 1. The quantitative estimate of drug-likeness (QED) is 0.503. The molecule has 4 nitrogen and oxygen atoms in total. The fraction of sp³-hybridized carbons (Fsp3) is 0.174. The summed E-state index contributed by atoms with van der Waals surface area (Å²) in [5, 5.41) is 10.9. The topological polar surface area (TPSA) is 55.8 Å². The van der Waals surface area contributed by atoms with Gasteiger partial charge in [-0.15, -0.1) is 0 Å². The molecule has 0 bridgehead atoms. The summed E-state index contributed by atoms with van der Waals surface area (Å²) >= 11 is 0. The van der Waals surface area contributed by atoms with Crippen molar-refractivity contribution >= 4 is 5.97 Å². The summed E-state index contributed by atoms with van der Waals surface area (Å²) in [6.45, 7) is 1.73. The second-order valence-electron chi connectivity index (χ2n) is 6.40. The maximum atomic E-state index is 13.0. The first-order valence-corrected chi connectivity index (χ1v) is 8.78. The average Bonchev–Trinajstić information content (AvgIpc) is 2.73. The molecule has 0 unspecified atom stereocenters. The highest BCUT2D eigenvalue weighted by Gasteiger charge is 2.44. The SMILES string of the molecule is C[C@@](OCc1ccccc1)(C(=O)Oc1ccccc1)[C@H](O)c1ccccc1. The molecule has 2 atom stereocenters. The molecule has 0 fully saturated rings. The van der Waals surface area contributed by atoms with E-state index in [1.807, 2.05) is 42.5 Å². The number of hydrogen-bond acceptors (Lipinski definition) is 4. The molecule has 3 rings (SSSR count). The Morgan fingerprint density at radius 3 is 2.00 bits per heavy atom. The van der Waals surface area contributed by atoms with Gasteiger partial charge in [-0.2, -0.15) is 0 Å². The molecule has 0 aliphatic carbocycles. The lowest BCUT2D eigenvalue weighted by atomic mass is 9.92. The third kappa shape index (κ3) is 4.61. The first-order valence-electron chi connectivity index (χ1n) is 8.78. The highest BCUT2D eigenvalue weighted by molar-refractivity contribution is 5.82. The molecule has 0 saturated heterocycles. The van der Waals surface area contributed by atoms with Crippen molar-refractivity contribution in [2.75, 3.05) is 0 Å². The molecule has 0 amide bonds. The standard InChI is InChI=1S/C23H22O4/c1-23(21(24)19-13-7-3-8-14-19,26-17-18-11-5-2-6-12-18)22(25)27-20-15-9-4-10-16-20/h2-16,21,24H,17H2,1H3/t21-,23+/m1/s1. The van der Waals surface area contributed by atoms with E-state index in [1.165, 1.54) is 0 Å². The van der Waals surface area contributed by atoms with Crippen molar-refractivity contribution in [1.82, 2.24) is 0 Å². The van der Waals surface area contributed by atoms with Crippen LogP contribution in [0.5, 0.6) is 5.75 Å². The van der Waals surface area contributed by atoms with E-state index in [-0.39, 0.29) is 6.61 Å². The van der Waals surface area contributed by atoms with Crippen molar-refractivity contribution in [2.24, 2.45) is 0 Å². The van der Waals surface area contributed by atoms with Crippen LogP contribution in [-0.2, 0) is 16.1 Å². The molecule has 0 aliphatic heterocycles. The minimum atomic E-state index is -1.58. The van der Waals surface area contributed by atoms with Crippen LogP contribution >= 0.6 is 0 Å². The third-order valence-electron chi connectivity index (χ3n) is 4.38. The molecule has 0 aliphatic rings. The zero-order valence-electron chi connectivity index (χ0n) is 15.1. The van der Waals surface area contributed by atoms with Gasteiger partial charge in [0.15, 0.2) is 5.60 Å². The first-order chi connectivity index (χ1) is 13.1. The number of ether oxygens (including phenoxy) is 2. The number of carbonyl (C=O) groups excluding carboxylic acids is 1. The largest absolute Gasteiger partial charge is 0.424 e. The minimum absolute atomic E-state index is 0.172. The van der Waals surface area contributed by atoms with Crippen LogP contribution in [0.3, 0.4) is 0 Å². The van der Waals surface area contributed by atoms with E-state index >= 15 is 0 Å². The molecule has 138 valence electrons. The van der Waals surface area contributed by atoms with Gasteiger partial charge in [0, 0.05) is 0 Å². The Hall–Kier alpha value is -2.95. The lowest BCUT2D eigenvalue weighted by Crippen LogP contribution is -2.47. The maximum absolute atomic E-state index is 13.0. The van der Waals surface area contributed by atoms with Crippen molar-refractivity contribution in [1.29, 1.82) is 0 Å². The van der Waals surface area contributed by atoms with Gasteiger partial charge in [0.1, 0.15) is 11.9 Å². The lowest BCUT2D eigenvalue weighted by Gasteiger charge is -2.32. The summed E-state index contributed by atoms with van der Waals surface area (Å²) in [6, 6.07) is 27.2. The molecule has 27 heavy (non-hydrogen) atoms. The van der Waals surface area contributed by atoms with Crippen molar-refractivity contribution in [3.05, 3.63) is 102 Å². The summed E-state index contributed by atoms with van der Waals surface area (Å²) in [4.78, 5) is 13.0. The van der Waals surface area contributed by atoms with Crippen LogP contribution in [0.15, 0.2) is 91.0 Å². The van der Waals surface area contributed by atoms with Crippen molar-refractivity contribution in [2.45, 2.75) is 25.2 Å². The number of esters is 1. The highest BCUT2D eigenvalue weighted by atomic mass is 16.6. The van der Waals surface area contributed by atoms with Crippen LogP contribution in [0, 0.1) is 0 Å². The zero-order chi connectivity index (χ0) is 19.1. The molecule has 3 aromatic carbocycles. The molecule has 0 heterocycles. The van der Waals surface area contributed by atoms with Crippen molar-refractivity contribution < 1.29 is 19.4 Å². The van der Waals surface area contributed by atoms with Crippen LogP contribution in [0.1, 0.15) is 24.2 Å². The number of para-hydroxylation sites is 1. The van der Waals surface area contributed by atoms with Crippen molar-refractivity contribution in [3.8, 4) is 5.75 Å². The molecule has 0 spiro atoms. The Kier molecular flexibility index (Phi) is 6.01. The van der Waals surface area contributed by atoms with Gasteiger partial charge in [-0.3, -0.25) is 0 Å². The fourth-order valence-corrected chi connectivity index (χ4v) is 2.71. The molecule has 0 saturated carbocycles. The zero-order valence-corrected chi connectivity index (χ0v) is 15.1. The summed E-state index contributed by atoms with van der Waals surface area (Å²) in [6.07, 6.45) is -1.18. The number of aliphatic hydroxyl groups excluding tert-OH is 1. The second-order valence-corrected chi connectivity index (χ2v) is 6.40. The number of benzene rings is 3. The third-order valence-corrected chi connectivity index (χ3v) is 4.38. The summed E-state index contributed by atoms with van der Waals surface area (Å²) < 4.78 is 11.4. The fourth-order valence-electron chi connectivity index (χ4n) is 2.71. The lowest BCUT2D eigenvalue weighted by molar-refractivity contribution is -0.180. The second kappa shape index (κ2) is 8.62. The summed E-state index contributed by atoms with van der Waals surface area (Å²) in [5.74, 6) is -0.252. The molecule has 0 aromatic heterocycles. The van der Waals surface area contributed by atoms with E-state index in [0.717, 1.165) is 5.56 Å². The number of rotatable bonds is 7. The minimum Gasteiger partial charge on any atom is -0.424 e. The van der Waals surface area contributed by atoms with E-state index in [4.69, 9.17) is 9.47 Å². The summed E-state index contributed by atoms with van der Waals surface area (Å²) in [7, 11) is 0. The Morgan fingerprint density at radius 2 is 1.41 bits per heavy atom. The smallest absolute Gasteiger partial charge is 0.346 e. The molecule has 4 heteroatoms. The van der Waals surface area contributed by atoms with E-state index in [9.17, 15) is 9.90 Å². The van der Waals surface area contributed by atoms with Crippen LogP contribution in [-0.4, -0.2) is 16.7 Å². The van der Waals surface area contributed by atoms with E-state index in [2.05, 4.69) is 0 Å². The molecular formula is C23H22O4. The van der Waals surface area contributed by atoms with Crippen molar-refractivity contribution in [3.63, 3.8) is 0 Å². The van der Waals surface area contributed by atoms with Gasteiger partial charge < -0.3 is 14.6 Å². The van der Waals surface area contributed by atoms with Crippen LogP contribution in [0.4, 0.5) is 0 Å². The first kappa shape index (κ1) is 18.8. The van der Waals surface area contributed by atoms with Crippen LogP contribution in [0.25, 0.3) is 0 Å². The van der Waals surface area contributed by atoms with Gasteiger partial charge in [0.05, 0.1) is 6.61 Å². The van der Waals surface area contributed by atoms with Gasteiger partial charge >= 0.3 is 5.97 Å². The molecule has 1 N–H and O–H groups in total. The maximum Gasteiger partial charge on any atom is 0.346 e. The summed E-state index contributed by atoms with van der Waals surface area (Å²) in [5.41, 5.74) is -0.0953. The Labute approximate surface area is 159 Å². The average molecular weight is 362 g/mol. The molecule has 3 aromatic rings. The Balaban J connectivity index is 1.86. The molecular weight excluding hydrogens is 340 g/mol. The van der Waals surface area contributed by atoms with E-state index in [0.29, 0.717) is 11.3 Å². The molecule has 0 radical (unpaired) electrons. The monoisotopic (exact) mass is 362 g/mol. The van der Waals surface area contributed by atoms with Gasteiger partial charge in [-0.25, -0.2) is 4.79 Å². The number of aliphatic hydroxyl groups is 1. The predicted molar refractivity (Wildman–Crippen MR) is 103 cm³/mol. The van der Waals surface area contributed by atoms with E-state index in [1.54, 1.807) is 55.5 Å². The van der Waals surface area contributed by atoms with Crippen LogP contribution < -0.4 is 4.74 Å². The van der Waals surface area contributed by atoms with Gasteiger partial charge in [0.25, 0.3) is 0 Å². The van der Waals surface area contributed by atoms with E-state index < -0.39 is 17.7 Å². The van der Waals surface area contributed by atoms with Gasteiger partial charge in [-0.1, -0.05) is 78.9 Å². The Bertz CT molecular complexity index is 849. The normalized spacial score (nSPS) is 14.1. The predicted octanol–water partition coefficient (Wildman–Crippen LogP) is 4.30. The van der Waals surface area contributed by atoms with Crippen LogP contribution in [0.2, 0.25) is 0 Å². The highest BCUT2D eigenvalue weighted by Crippen LogP contribution is 2.32.